The molecule has 2 heterocycles. The Morgan fingerprint density at radius 2 is 1.88 bits per heavy atom. The van der Waals surface area contributed by atoms with Gasteiger partial charge in [-0.05, 0) is 29.8 Å². The van der Waals surface area contributed by atoms with Gasteiger partial charge >= 0.3 is 0 Å². The molecule has 4 aromatic rings. The summed E-state index contributed by atoms with van der Waals surface area (Å²) in [5.74, 6) is -0.285. The molecule has 25 heavy (non-hydrogen) atoms. The van der Waals surface area contributed by atoms with E-state index in [9.17, 15) is 4.79 Å². The maximum Gasteiger partial charge on any atom is 0.290 e. The van der Waals surface area contributed by atoms with Crippen molar-refractivity contribution >= 4 is 28.5 Å². The Kier molecular flexibility index (Phi) is 3.74. The lowest BCUT2D eigenvalue weighted by molar-refractivity contribution is 0.0948. The van der Waals surface area contributed by atoms with Crippen molar-refractivity contribution in [2.24, 2.45) is 5.10 Å². The number of aryl methyl sites for hydroxylation is 1. The summed E-state index contributed by atoms with van der Waals surface area (Å²) in [6.45, 7) is 1.82. The average molecular weight is 328 g/mol. The van der Waals surface area contributed by atoms with Crippen LogP contribution in [0.3, 0.4) is 0 Å². The van der Waals surface area contributed by atoms with Crippen molar-refractivity contribution in [3.05, 3.63) is 83.8 Å². The van der Waals surface area contributed by atoms with Crippen molar-refractivity contribution in [1.82, 2.24) is 14.8 Å². The second kappa shape index (κ2) is 6.20. The second-order valence-electron chi connectivity index (χ2n) is 5.74. The molecule has 1 N–H and O–H groups in total. The minimum atomic E-state index is -0.285. The molecule has 0 aliphatic carbocycles. The third-order valence-corrected chi connectivity index (χ3v) is 4.11. The predicted octanol–water partition coefficient (Wildman–Crippen LogP) is 3.56. The normalized spacial score (nSPS) is 11.4. The Bertz CT molecular complexity index is 1110. The van der Waals surface area contributed by atoms with Gasteiger partial charge in [-0.25, -0.2) is 10.4 Å². The lowest BCUT2D eigenvalue weighted by Gasteiger charge is -2.03. The van der Waals surface area contributed by atoms with Crippen molar-refractivity contribution < 1.29 is 4.79 Å². The van der Waals surface area contributed by atoms with E-state index >= 15 is 0 Å². The highest BCUT2D eigenvalue weighted by molar-refractivity contribution is 6.00. The summed E-state index contributed by atoms with van der Waals surface area (Å²) in [4.78, 5) is 16.9. The van der Waals surface area contributed by atoms with Crippen LogP contribution in [0, 0.1) is 6.92 Å². The van der Waals surface area contributed by atoms with Crippen molar-refractivity contribution in [3.63, 3.8) is 0 Å². The summed E-state index contributed by atoms with van der Waals surface area (Å²) in [6, 6.07) is 19.7. The van der Waals surface area contributed by atoms with E-state index in [4.69, 9.17) is 0 Å². The van der Waals surface area contributed by atoms with Gasteiger partial charge in [0.1, 0.15) is 11.3 Å². The number of carbonyl (C=O) groups is 1. The van der Waals surface area contributed by atoms with E-state index in [0.717, 1.165) is 22.0 Å². The fourth-order valence-corrected chi connectivity index (χ4v) is 2.96. The van der Waals surface area contributed by atoms with Crippen LogP contribution in [0.5, 0.6) is 0 Å². The predicted molar refractivity (Wildman–Crippen MR) is 98.9 cm³/mol. The Morgan fingerprint density at radius 1 is 1.08 bits per heavy atom. The molecule has 0 fully saturated rings. The molecule has 0 unspecified atom stereocenters. The van der Waals surface area contributed by atoms with E-state index in [1.807, 2.05) is 73.8 Å². The van der Waals surface area contributed by atoms with Gasteiger partial charge in [-0.1, -0.05) is 48.5 Å². The van der Waals surface area contributed by atoms with Crippen LogP contribution in [0.2, 0.25) is 0 Å². The van der Waals surface area contributed by atoms with Crippen LogP contribution >= 0.6 is 0 Å². The highest BCUT2D eigenvalue weighted by Gasteiger charge is 2.15. The third kappa shape index (κ3) is 2.76. The number of imidazole rings is 1. The lowest BCUT2D eigenvalue weighted by atomic mass is 10.1. The minimum absolute atomic E-state index is 0.285. The SMILES string of the molecule is Cc1nc2ccccn2c1C(=O)N/N=C\c1cccc2ccccc12. The summed E-state index contributed by atoms with van der Waals surface area (Å²) in [7, 11) is 0. The second-order valence-corrected chi connectivity index (χ2v) is 5.74. The standard InChI is InChI=1S/C20H16N4O/c1-14-19(24-12-5-4-11-18(24)22-14)20(25)23-21-13-16-9-6-8-15-7-2-3-10-17(15)16/h2-13H,1H3,(H,23,25)/b21-13-. The van der Waals surface area contributed by atoms with Gasteiger partial charge in [0, 0.05) is 11.8 Å². The van der Waals surface area contributed by atoms with E-state index in [-0.39, 0.29) is 5.91 Å². The van der Waals surface area contributed by atoms with Crippen molar-refractivity contribution in [2.45, 2.75) is 6.92 Å². The Balaban J connectivity index is 1.61. The molecule has 0 aliphatic heterocycles. The van der Waals surface area contributed by atoms with Crippen LogP contribution in [-0.4, -0.2) is 21.5 Å². The highest BCUT2D eigenvalue weighted by atomic mass is 16.2. The minimum Gasteiger partial charge on any atom is -0.295 e. The van der Waals surface area contributed by atoms with Crippen molar-refractivity contribution in [3.8, 4) is 0 Å². The van der Waals surface area contributed by atoms with Gasteiger partial charge in [0.2, 0.25) is 0 Å². The quantitative estimate of drug-likeness (QED) is 0.462. The maximum atomic E-state index is 12.5. The zero-order valence-corrected chi connectivity index (χ0v) is 13.7. The van der Waals surface area contributed by atoms with E-state index in [2.05, 4.69) is 15.5 Å². The molecule has 5 heteroatoms. The van der Waals surface area contributed by atoms with Gasteiger partial charge in [0.25, 0.3) is 5.91 Å². The number of amides is 1. The van der Waals surface area contributed by atoms with Gasteiger partial charge in [-0.3, -0.25) is 9.20 Å². The Labute approximate surface area is 144 Å². The van der Waals surface area contributed by atoms with Crippen LogP contribution < -0.4 is 5.43 Å². The lowest BCUT2D eigenvalue weighted by Crippen LogP contribution is -2.20. The summed E-state index contributed by atoms with van der Waals surface area (Å²) < 4.78 is 1.76. The first kappa shape index (κ1) is 15.1. The molecule has 0 bridgehead atoms. The number of nitrogens with zero attached hydrogens (tertiary/aromatic N) is 3. The number of nitrogens with one attached hydrogen (secondary N) is 1. The molecule has 1 amide bonds. The molecule has 5 nitrogen and oxygen atoms in total. The summed E-state index contributed by atoms with van der Waals surface area (Å²) in [5.41, 5.74) is 5.45. The summed E-state index contributed by atoms with van der Waals surface area (Å²) in [6.07, 6.45) is 3.48. The zero-order chi connectivity index (χ0) is 17.2. The number of pyridine rings is 1. The van der Waals surface area contributed by atoms with Crippen LogP contribution in [0.1, 0.15) is 21.7 Å². The molecular weight excluding hydrogens is 312 g/mol. The van der Waals surface area contributed by atoms with E-state index in [0.29, 0.717) is 11.4 Å². The molecule has 0 atom stereocenters. The van der Waals surface area contributed by atoms with Gasteiger partial charge < -0.3 is 0 Å². The first-order valence-electron chi connectivity index (χ1n) is 7.99. The van der Waals surface area contributed by atoms with Crippen molar-refractivity contribution in [1.29, 1.82) is 0 Å². The van der Waals surface area contributed by atoms with Crippen LogP contribution in [-0.2, 0) is 0 Å². The fraction of sp³-hybridized carbons (Fsp3) is 0.0500. The number of rotatable bonds is 3. The first-order valence-corrected chi connectivity index (χ1v) is 7.99. The number of hydrogen-bond acceptors (Lipinski definition) is 3. The first-order chi connectivity index (χ1) is 12.2. The number of aromatic nitrogens is 2. The third-order valence-electron chi connectivity index (χ3n) is 4.11. The highest BCUT2D eigenvalue weighted by Crippen LogP contribution is 2.17. The smallest absolute Gasteiger partial charge is 0.290 e. The molecule has 122 valence electrons. The molecule has 2 aromatic heterocycles. The number of benzene rings is 2. The molecule has 0 aliphatic rings. The molecule has 0 saturated heterocycles. The van der Waals surface area contributed by atoms with Crippen LogP contribution in [0.25, 0.3) is 16.4 Å². The largest absolute Gasteiger partial charge is 0.295 e. The topological polar surface area (TPSA) is 58.8 Å². The molecule has 2 aromatic carbocycles. The van der Waals surface area contributed by atoms with Crippen LogP contribution in [0.15, 0.2) is 72.0 Å². The van der Waals surface area contributed by atoms with E-state index in [1.165, 1.54) is 0 Å². The number of fused-ring (bicyclic) bond motifs is 2. The molecule has 0 radical (unpaired) electrons. The van der Waals surface area contributed by atoms with Crippen molar-refractivity contribution in [2.75, 3.05) is 0 Å². The molecular formula is C20H16N4O. The summed E-state index contributed by atoms with van der Waals surface area (Å²) >= 11 is 0. The molecule has 0 saturated carbocycles. The fourth-order valence-electron chi connectivity index (χ4n) is 2.96. The number of hydrogen-bond donors (Lipinski definition) is 1. The van der Waals surface area contributed by atoms with Gasteiger partial charge in [-0.15, -0.1) is 0 Å². The van der Waals surface area contributed by atoms with Crippen LogP contribution in [0.4, 0.5) is 0 Å². The van der Waals surface area contributed by atoms with Gasteiger partial charge in [-0.2, -0.15) is 5.10 Å². The monoisotopic (exact) mass is 328 g/mol. The van der Waals surface area contributed by atoms with E-state index in [1.54, 1.807) is 10.6 Å². The Hall–Kier alpha value is -3.47. The maximum absolute atomic E-state index is 12.5. The number of hydrazone groups is 1. The summed E-state index contributed by atoms with van der Waals surface area (Å²) in [5, 5.41) is 6.36. The average Bonchev–Trinajstić information content (AvgIpc) is 2.97. The zero-order valence-electron chi connectivity index (χ0n) is 13.7. The van der Waals surface area contributed by atoms with Gasteiger partial charge in [0.05, 0.1) is 11.9 Å². The van der Waals surface area contributed by atoms with E-state index < -0.39 is 0 Å². The molecule has 0 spiro atoms. The molecule has 4 rings (SSSR count). The Morgan fingerprint density at radius 3 is 2.80 bits per heavy atom. The number of carbonyl (C=O) groups excluding carboxylic acids is 1. The van der Waals surface area contributed by atoms with Gasteiger partial charge in [0.15, 0.2) is 0 Å².